The second kappa shape index (κ2) is 7.09. The van der Waals surface area contributed by atoms with Gasteiger partial charge in [-0.2, -0.15) is 5.10 Å². The molecule has 22 heavy (non-hydrogen) atoms. The van der Waals surface area contributed by atoms with E-state index in [1.54, 1.807) is 4.57 Å². The molecule has 1 amide bonds. The van der Waals surface area contributed by atoms with E-state index in [0.29, 0.717) is 13.0 Å². The highest BCUT2D eigenvalue weighted by atomic mass is 16.2. The van der Waals surface area contributed by atoms with Gasteiger partial charge >= 0.3 is 5.69 Å². The van der Waals surface area contributed by atoms with Crippen LogP contribution in [0.4, 0.5) is 0 Å². The average Bonchev–Trinajstić information content (AvgIpc) is 3.08. The summed E-state index contributed by atoms with van der Waals surface area (Å²) in [7, 11) is 0. The van der Waals surface area contributed by atoms with Gasteiger partial charge < -0.3 is 10.2 Å². The van der Waals surface area contributed by atoms with Gasteiger partial charge in [0.25, 0.3) is 0 Å². The lowest BCUT2D eigenvalue weighted by atomic mass is 10.1. The SMILES string of the molecule is O=C(CCCN1CCCC1)NC1CCc2n[nH]c(=O)n2CC1. The highest BCUT2D eigenvalue weighted by Gasteiger charge is 2.20. The van der Waals surface area contributed by atoms with Gasteiger partial charge in [0, 0.05) is 25.4 Å². The molecule has 0 aromatic carbocycles. The number of fused-ring (bicyclic) bond motifs is 1. The lowest BCUT2D eigenvalue weighted by molar-refractivity contribution is -0.122. The molecule has 7 nitrogen and oxygen atoms in total. The van der Waals surface area contributed by atoms with E-state index in [1.165, 1.54) is 25.9 Å². The Labute approximate surface area is 130 Å². The van der Waals surface area contributed by atoms with Crippen LogP contribution >= 0.6 is 0 Å². The first-order valence-corrected chi connectivity index (χ1v) is 8.38. The van der Waals surface area contributed by atoms with Crippen LogP contribution in [0.2, 0.25) is 0 Å². The Morgan fingerprint density at radius 3 is 2.91 bits per heavy atom. The van der Waals surface area contributed by atoms with Gasteiger partial charge in [-0.05, 0) is 51.7 Å². The van der Waals surface area contributed by atoms with Crippen LogP contribution in [0.5, 0.6) is 0 Å². The van der Waals surface area contributed by atoms with Crippen molar-refractivity contribution in [3.05, 3.63) is 16.3 Å². The first kappa shape index (κ1) is 15.3. The molecule has 2 aliphatic heterocycles. The molecule has 122 valence electrons. The summed E-state index contributed by atoms with van der Waals surface area (Å²) in [5, 5.41) is 9.63. The van der Waals surface area contributed by atoms with Gasteiger partial charge in [0.05, 0.1) is 0 Å². The molecule has 1 aromatic heterocycles. The number of nitrogens with zero attached hydrogens (tertiary/aromatic N) is 3. The van der Waals surface area contributed by atoms with Crippen LogP contribution in [0, 0.1) is 0 Å². The van der Waals surface area contributed by atoms with Crippen molar-refractivity contribution < 1.29 is 4.79 Å². The van der Waals surface area contributed by atoms with E-state index >= 15 is 0 Å². The summed E-state index contributed by atoms with van der Waals surface area (Å²) >= 11 is 0. The lowest BCUT2D eigenvalue weighted by Gasteiger charge is -2.17. The van der Waals surface area contributed by atoms with Crippen LogP contribution in [0.25, 0.3) is 0 Å². The van der Waals surface area contributed by atoms with Crippen molar-refractivity contribution in [2.24, 2.45) is 0 Å². The van der Waals surface area contributed by atoms with Crippen molar-refractivity contribution in [1.29, 1.82) is 0 Å². The lowest BCUT2D eigenvalue weighted by Crippen LogP contribution is -2.35. The Morgan fingerprint density at radius 1 is 1.27 bits per heavy atom. The van der Waals surface area contributed by atoms with E-state index in [1.807, 2.05) is 0 Å². The predicted molar refractivity (Wildman–Crippen MR) is 82.6 cm³/mol. The van der Waals surface area contributed by atoms with E-state index < -0.39 is 0 Å². The normalized spacial score (nSPS) is 22.3. The van der Waals surface area contributed by atoms with Crippen LogP contribution in [0.1, 0.15) is 44.3 Å². The molecule has 1 unspecified atom stereocenters. The van der Waals surface area contributed by atoms with Gasteiger partial charge in [-0.15, -0.1) is 0 Å². The number of carbonyl (C=O) groups excluding carboxylic acids is 1. The maximum atomic E-state index is 12.1. The average molecular weight is 307 g/mol. The Bertz CT molecular complexity index is 559. The molecule has 0 saturated carbocycles. The summed E-state index contributed by atoms with van der Waals surface area (Å²) in [4.78, 5) is 26.1. The maximum absolute atomic E-state index is 12.1. The summed E-state index contributed by atoms with van der Waals surface area (Å²) in [5.41, 5.74) is -0.146. The molecule has 1 atom stereocenters. The number of hydrogen-bond acceptors (Lipinski definition) is 4. The summed E-state index contributed by atoms with van der Waals surface area (Å²) in [6.45, 7) is 4.03. The second-order valence-corrected chi connectivity index (χ2v) is 6.34. The van der Waals surface area contributed by atoms with Crippen molar-refractivity contribution in [1.82, 2.24) is 25.0 Å². The number of aromatic amines is 1. The third-order valence-corrected chi connectivity index (χ3v) is 4.70. The number of H-pyrrole nitrogens is 1. The Balaban J connectivity index is 1.39. The summed E-state index contributed by atoms with van der Waals surface area (Å²) in [6, 6.07) is 0.153. The predicted octanol–water partition coefficient (Wildman–Crippen LogP) is 0.269. The number of aryl methyl sites for hydroxylation is 1. The minimum absolute atomic E-state index is 0.137. The molecule has 3 rings (SSSR count). The molecule has 7 heteroatoms. The summed E-state index contributed by atoms with van der Waals surface area (Å²) < 4.78 is 1.68. The Morgan fingerprint density at radius 2 is 2.09 bits per heavy atom. The number of nitrogens with one attached hydrogen (secondary N) is 2. The first-order valence-electron chi connectivity index (χ1n) is 8.38. The zero-order valence-corrected chi connectivity index (χ0v) is 13.0. The summed E-state index contributed by atoms with van der Waals surface area (Å²) in [5.74, 6) is 0.938. The molecule has 3 heterocycles. The van der Waals surface area contributed by atoms with E-state index in [-0.39, 0.29) is 17.6 Å². The topological polar surface area (TPSA) is 83.0 Å². The van der Waals surface area contributed by atoms with Crippen molar-refractivity contribution in [3.63, 3.8) is 0 Å². The number of hydrogen-bond donors (Lipinski definition) is 2. The Hall–Kier alpha value is -1.63. The van der Waals surface area contributed by atoms with Crippen LogP contribution in [-0.2, 0) is 17.8 Å². The van der Waals surface area contributed by atoms with Crippen LogP contribution in [-0.4, -0.2) is 51.2 Å². The van der Waals surface area contributed by atoms with Gasteiger partial charge in [0.2, 0.25) is 5.91 Å². The van der Waals surface area contributed by atoms with Gasteiger partial charge in [-0.25, -0.2) is 9.89 Å². The largest absolute Gasteiger partial charge is 0.353 e. The summed E-state index contributed by atoms with van der Waals surface area (Å²) in [6.07, 6.45) is 6.49. The quantitative estimate of drug-likeness (QED) is 0.818. The third-order valence-electron chi connectivity index (χ3n) is 4.70. The first-order chi connectivity index (χ1) is 10.7. The number of aromatic nitrogens is 3. The molecule has 1 fully saturated rings. The van der Waals surface area contributed by atoms with Crippen molar-refractivity contribution in [2.45, 2.75) is 57.5 Å². The van der Waals surface area contributed by atoms with Crippen molar-refractivity contribution >= 4 is 5.91 Å². The number of carbonyl (C=O) groups is 1. The minimum Gasteiger partial charge on any atom is -0.353 e. The fourth-order valence-electron chi connectivity index (χ4n) is 3.42. The fraction of sp³-hybridized carbons (Fsp3) is 0.800. The van der Waals surface area contributed by atoms with Gasteiger partial charge in [-0.1, -0.05) is 0 Å². The molecule has 2 aliphatic rings. The van der Waals surface area contributed by atoms with Gasteiger partial charge in [-0.3, -0.25) is 9.36 Å². The van der Waals surface area contributed by atoms with Crippen LogP contribution < -0.4 is 11.0 Å². The van der Waals surface area contributed by atoms with Crippen LogP contribution in [0.3, 0.4) is 0 Å². The van der Waals surface area contributed by atoms with E-state index in [9.17, 15) is 9.59 Å². The van der Waals surface area contributed by atoms with E-state index in [2.05, 4.69) is 20.4 Å². The number of amides is 1. The molecular formula is C15H25N5O2. The highest BCUT2D eigenvalue weighted by Crippen LogP contribution is 2.12. The molecule has 0 bridgehead atoms. The van der Waals surface area contributed by atoms with Crippen molar-refractivity contribution in [3.8, 4) is 0 Å². The second-order valence-electron chi connectivity index (χ2n) is 6.34. The zero-order valence-electron chi connectivity index (χ0n) is 13.0. The highest BCUT2D eigenvalue weighted by molar-refractivity contribution is 5.76. The molecule has 1 aromatic rings. The molecule has 0 spiro atoms. The molecule has 0 aliphatic carbocycles. The zero-order chi connectivity index (χ0) is 15.4. The minimum atomic E-state index is -0.146. The molecule has 0 radical (unpaired) electrons. The monoisotopic (exact) mass is 307 g/mol. The molecular weight excluding hydrogens is 282 g/mol. The third kappa shape index (κ3) is 3.76. The standard InChI is InChI=1S/C15H25N5O2/c21-14(4-3-10-19-8-1-2-9-19)16-12-5-6-13-17-18-15(22)20(13)11-7-12/h12H,1-11H2,(H,16,21)(H,18,22). The maximum Gasteiger partial charge on any atom is 0.343 e. The number of likely N-dealkylation sites (tertiary alicyclic amines) is 1. The van der Waals surface area contributed by atoms with Crippen molar-refractivity contribution in [2.75, 3.05) is 19.6 Å². The van der Waals surface area contributed by atoms with Gasteiger partial charge in [0.15, 0.2) is 0 Å². The van der Waals surface area contributed by atoms with Gasteiger partial charge in [0.1, 0.15) is 5.82 Å². The number of rotatable bonds is 5. The Kier molecular flexibility index (Phi) is 4.92. The van der Waals surface area contributed by atoms with E-state index in [0.717, 1.165) is 38.1 Å². The smallest absolute Gasteiger partial charge is 0.343 e. The van der Waals surface area contributed by atoms with E-state index in [4.69, 9.17) is 0 Å². The molecule has 1 saturated heterocycles. The molecule has 2 N–H and O–H groups in total. The fourth-order valence-corrected chi connectivity index (χ4v) is 3.42. The van der Waals surface area contributed by atoms with Crippen LogP contribution in [0.15, 0.2) is 4.79 Å².